The van der Waals surface area contributed by atoms with E-state index in [-0.39, 0.29) is 6.09 Å². The van der Waals surface area contributed by atoms with Crippen LogP contribution in [0.3, 0.4) is 0 Å². The molecular weight excluding hydrogens is 280 g/mol. The number of carboxylic acids is 1. The van der Waals surface area contributed by atoms with Crippen LogP contribution in [0.1, 0.15) is 22.2 Å². The summed E-state index contributed by atoms with van der Waals surface area (Å²) in [6.07, 6.45) is -0.270. The molecule has 0 saturated carbocycles. The number of thiophene rings is 1. The summed E-state index contributed by atoms with van der Waals surface area (Å²) < 4.78 is 4.97. The molecule has 1 amide bonds. The van der Waals surface area contributed by atoms with E-state index >= 15 is 0 Å². The summed E-state index contributed by atoms with van der Waals surface area (Å²) >= 11 is 1.25. The second kappa shape index (κ2) is 6.71. The summed E-state index contributed by atoms with van der Waals surface area (Å²) in [4.78, 5) is 26.9. The first-order valence-corrected chi connectivity index (χ1v) is 7.43. The molecule has 0 bridgehead atoms. The van der Waals surface area contributed by atoms with Gasteiger partial charge in [-0.25, -0.2) is 9.59 Å². The van der Waals surface area contributed by atoms with E-state index in [0.717, 1.165) is 18.7 Å². The van der Waals surface area contributed by atoms with Crippen molar-refractivity contribution >= 4 is 23.4 Å². The lowest BCUT2D eigenvalue weighted by Gasteiger charge is -2.33. The Kier molecular flexibility index (Phi) is 4.97. The Labute approximate surface area is 121 Å². The van der Waals surface area contributed by atoms with Crippen LogP contribution in [0.2, 0.25) is 0 Å². The SMILES string of the molecule is CCOC(=O)N1CCN(Cc2ccsc2C(=O)O)CC1. The maximum Gasteiger partial charge on any atom is 0.409 e. The van der Waals surface area contributed by atoms with Crippen molar-refractivity contribution in [3.63, 3.8) is 0 Å². The Morgan fingerprint density at radius 1 is 1.35 bits per heavy atom. The molecular formula is C13H18N2O4S. The maximum absolute atomic E-state index is 11.6. The molecule has 1 aliphatic heterocycles. The first-order valence-electron chi connectivity index (χ1n) is 6.55. The molecule has 1 fully saturated rings. The van der Waals surface area contributed by atoms with E-state index in [1.165, 1.54) is 11.3 Å². The normalized spacial score (nSPS) is 16.1. The Hall–Kier alpha value is -1.60. The Morgan fingerprint density at radius 2 is 2.05 bits per heavy atom. The van der Waals surface area contributed by atoms with Crippen LogP contribution >= 0.6 is 11.3 Å². The highest BCUT2D eigenvalue weighted by atomic mass is 32.1. The van der Waals surface area contributed by atoms with Crippen molar-refractivity contribution in [1.29, 1.82) is 0 Å². The highest BCUT2D eigenvalue weighted by Crippen LogP contribution is 2.19. The van der Waals surface area contributed by atoms with Gasteiger partial charge in [-0.1, -0.05) is 0 Å². The van der Waals surface area contributed by atoms with Gasteiger partial charge in [-0.15, -0.1) is 11.3 Å². The number of carboxylic acid groups (broad SMARTS) is 1. The van der Waals surface area contributed by atoms with E-state index in [0.29, 0.717) is 31.1 Å². The molecule has 0 aliphatic carbocycles. The van der Waals surface area contributed by atoms with Gasteiger partial charge in [0.2, 0.25) is 0 Å². The predicted octanol–water partition coefficient (Wildman–Crippen LogP) is 1.72. The molecule has 1 N–H and O–H groups in total. The quantitative estimate of drug-likeness (QED) is 0.916. The average Bonchev–Trinajstić information content (AvgIpc) is 2.88. The molecule has 1 aromatic heterocycles. The van der Waals surface area contributed by atoms with Crippen LogP contribution in [0.15, 0.2) is 11.4 Å². The van der Waals surface area contributed by atoms with Crippen molar-refractivity contribution in [2.75, 3.05) is 32.8 Å². The van der Waals surface area contributed by atoms with Crippen molar-refractivity contribution < 1.29 is 19.4 Å². The lowest BCUT2D eigenvalue weighted by atomic mass is 10.2. The summed E-state index contributed by atoms with van der Waals surface area (Å²) in [5.74, 6) is -0.875. The van der Waals surface area contributed by atoms with E-state index in [1.807, 2.05) is 6.07 Å². The zero-order chi connectivity index (χ0) is 14.5. The smallest absolute Gasteiger partial charge is 0.409 e. The molecule has 2 rings (SSSR count). The fourth-order valence-electron chi connectivity index (χ4n) is 2.19. The molecule has 20 heavy (non-hydrogen) atoms. The second-order valence-corrected chi connectivity index (χ2v) is 5.46. The number of aromatic carboxylic acids is 1. The van der Waals surface area contributed by atoms with Crippen molar-refractivity contribution in [3.8, 4) is 0 Å². The largest absolute Gasteiger partial charge is 0.477 e. The van der Waals surface area contributed by atoms with E-state index in [4.69, 9.17) is 9.84 Å². The van der Waals surface area contributed by atoms with Crippen molar-refractivity contribution in [2.24, 2.45) is 0 Å². The molecule has 0 radical (unpaired) electrons. The molecule has 0 spiro atoms. The number of hydrogen-bond donors (Lipinski definition) is 1. The van der Waals surface area contributed by atoms with E-state index in [1.54, 1.807) is 17.2 Å². The van der Waals surface area contributed by atoms with Gasteiger partial charge in [0.25, 0.3) is 0 Å². The van der Waals surface area contributed by atoms with Gasteiger partial charge in [-0.05, 0) is 23.9 Å². The van der Waals surface area contributed by atoms with E-state index in [2.05, 4.69) is 4.90 Å². The molecule has 1 aromatic rings. The lowest BCUT2D eigenvalue weighted by molar-refractivity contribution is 0.0697. The minimum absolute atomic E-state index is 0.270. The van der Waals surface area contributed by atoms with E-state index < -0.39 is 5.97 Å². The fraction of sp³-hybridized carbons (Fsp3) is 0.538. The second-order valence-electron chi connectivity index (χ2n) is 4.54. The van der Waals surface area contributed by atoms with Gasteiger partial charge < -0.3 is 14.7 Å². The predicted molar refractivity (Wildman–Crippen MR) is 75.2 cm³/mol. The number of piperazine rings is 1. The van der Waals surface area contributed by atoms with Crippen molar-refractivity contribution in [1.82, 2.24) is 9.80 Å². The van der Waals surface area contributed by atoms with Crippen LogP contribution in [0.25, 0.3) is 0 Å². The third-order valence-electron chi connectivity index (χ3n) is 3.23. The van der Waals surface area contributed by atoms with Gasteiger partial charge in [0.1, 0.15) is 4.88 Å². The fourth-order valence-corrected chi connectivity index (χ4v) is 2.95. The Balaban J connectivity index is 1.87. The van der Waals surface area contributed by atoms with Crippen LogP contribution in [-0.4, -0.2) is 59.8 Å². The van der Waals surface area contributed by atoms with Crippen LogP contribution in [-0.2, 0) is 11.3 Å². The molecule has 7 heteroatoms. The number of amides is 1. The summed E-state index contributed by atoms with van der Waals surface area (Å²) in [6, 6.07) is 1.85. The molecule has 1 aliphatic rings. The zero-order valence-corrected chi connectivity index (χ0v) is 12.2. The highest BCUT2D eigenvalue weighted by Gasteiger charge is 2.23. The number of carbonyl (C=O) groups excluding carboxylic acids is 1. The lowest BCUT2D eigenvalue weighted by Crippen LogP contribution is -2.48. The molecule has 1 saturated heterocycles. The summed E-state index contributed by atoms with van der Waals surface area (Å²) in [6.45, 7) is 5.48. The molecule has 0 aromatic carbocycles. The zero-order valence-electron chi connectivity index (χ0n) is 11.4. The Morgan fingerprint density at radius 3 is 2.65 bits per heavy atom. The van der Waals surface area contributed by atoms with Gasteiger partial charge in [0, 0.05) is 32.7 Å². The van der Waals surface area contributed by atoms with Gasteiger partial charge >= 0.3 is 12.1 Å². The number of rotatable bonds is 4. The number of hydrogen-bond acceptors (Lipinski definition) is 5. The summed E-state index contributed by atoms with van der Waals surface area (Å²) in [5, 5.41) is 10.9. The molecule has 110 valence electrons. The summed E-state index contributed by atoms with van der Waals surface area (Å²) in [7, 11) is 0. The highest BCUT2D eigenvalue weighted by molar-refractivity contribution is 7.12. The topological polar surface area (TPSA) is 70.1 Å². The minimum atomic E-state index is -0.875. The van der Waals surface area contributed by atoms with Crippen LogP contribution in [0, 0.1) is 0 Å². The number of nitrogens with zero attached hydrogens (tertiary/aromatic N) is 2. The van der Waals surface area contributed by atoms with Crippen LogP contribution in [0.4, 0.5) is 4.79 Å². The maximum atomic E-state index is 11.6. The van der Waals surface area contributed by atoms with Gasteiger partial charge in [-0.3, -0.25) is 4.90 Å². The standard InChI is InChI=1S/C13H18N2O4S/c1-2-19-13(18)15-6-4-14(5-7-15)9-10-3-8-20-11(10)12(16)17/h3,8H,2,4-7,9H2,1H3,(H,16,17). The van der Waals surface area contributed by atoms with Gasteiger partial charge in [-0.2, -0.15) is 0 Å². The van der Waals surface area contributed by atoms with Crippen LogP contribution in [0.5, 0.6) is 0 Å². The summed E-state index contributed by atoms with van der Waals surface area (Å²) in [5.41, 5.74) is 0.840. The first-order chi connectivity index (χ1) is 9.61. The molecule has 6 nitrogen and oxygen atoms in total. The van der Waals surface area contributed by atoms with Gasteiger partial charge in [0.05, 0.1) is 6.61 Å². The third-order valence-corrected chi connectivity index (χ3v) is 4.18. The monoisotopic (exact) mass is 298 g/mol. The van der Waals surface area contributed by atoms with Crippen molar-refractivity contribution in [3.05, 3.63) is 21.9 Å². The Bertz CT molecular complexity index is 480. The number of carbonyl (C=O) groups is 2. The molecule has 0 atom stereocenters. The average molecular weight is 298 g/mol. The van der Waals surface area contributed by atoms with Crippen LogP contribution < -0.4 is 0 Å². The van der Waals surface area contributed by atoms with E-state index in [9.17, 15) is 9.59 Å². The third kappa shape index (κ3) is 3.49. The van der Waals surface area contributed by atoms with Crippen molar-refractivity contribution in [2.45, 2.75) is 13.5 Å². The van der Waals surface area contributed by atoms with Gasteiger partial charge in [0.15, 0.2) is 0 Å². The molecule has 0 unspecified atom stereocenters. The first kappa shape index (κ1) is 14.8. The number of ether oxygens (including phenoxy) is 1. The minimum Gasteiger partial charge on any atom is -0.477 e. The molecule has 2 heterocycles.